The molecule has 1 aliphatic heterocycles. The van der Waals surface area contributed by atoms with Crippen LogP contribution in [0.3, 0.4) is 0 Å². The highest BCUT2D eigenvalue weighted by Crippen LogP contribution is 2.25. The molecule has 1 aromatic heterocycles. The lowest BCUT2D eigenvalue weighted by Crippen LogP contribution is -2.20. The Labute approximate surface area is 97.2 Å². The second-order valence-electron chi connectivity index (χ2n) is 5.39. The first-order chi connectivity index (χ1) is 7.55. The Morgan fingerprint density at radius 3 is 2.81 bits per heavy atom. The van der Waals surface area contributed by atoms with Crippen molar-refractivity contribution in [3.8, 4) is 5.75 Å². The second-order valence-corrected chi connectivity index (χ2v) is 5.39. The zero-order chi connectivity index (χ0) is 11.6. The molecule has 1 aliphatic rings. The van der Waals surface area contributed by atoms with Crippen LogP contribution in [0, 0.1) is 0 Å². The van der Waals surface area contributed by atoms with Gasteiger partial charge in [-0.3, -0.25) is 4.98 Å². The molecule has 2 heterocycles. The van der Waals surface area contributed by atoms with Crippen LogP contribution in [-0.4, -0.2) is 24.2 Å². The molecule has 0 aliphatic carbocycles. The molecule has 3 heteroatoms. The molecule has 0 saturated carbocycles. The number of nitrogens with zero attached hydrogens (tertiary/aromatic N) is 1. The molecule has 0 amide bonds. The molecule has 88 valence electrons. The highest BCUT2D eigenvalue weighted by atomic mass is 16.5. The molecule has 0 spiro atoms. The summed E-state index contributed by atoms with van der Waals surface area (Å²) in [7, 11) is 0. The Morgan fingerprint density at radius 1 is 1.38 bits per heavy atom. The van der Waals surface area contributed by atoms with Crippen LogP contribution < -0.4 is 10.1 Å². The Morgan fingerprint density at radius 2 is 2.19 bits per heavy atom. The van der Waals surface area contributed by atoms with E-state index in [-0.39, 0.29) is 5.41 Å². The number of nitrogens with one attached hydrogen (secondary N) is 1. The minimum Gasteiger partial charge on any atom is -0.487 e. The van der Waals surface area contributed by atoms with Gasteiger partial charge in [-0.25, -0.2) is 0 Å². The number of aromatic nitrogens is 1. The summed E-state index contributed by atoms with van der Waals surface area (Å²) in [5.41, 5.74) is 1.34. The number of hydrogen-bond donors (Lipinski definition) is 1. The van der Waals surface area contributed by atoms with Crippen LogP contribution in [-0.2, 0) is 5.41 Å². The number of ether oxygens (including phenoxy) is 1. The molecule has 0 aromatic carbocycles. The number of hydrogen-bond acceptors (Lipinski definition) is 3. The van der Waals surface area contributed by atoms with Gasteiger partial charge >= 0.3 is 0 Å². The molecule has 0 unspecified atom stereocenters. The van der Waals surface area contributed by atoms with Crippen LogP contribution in [0.15, 0.2) is 18.5 Å². The van der Waals surface area contributed by atoms with Crippen molar-refractivity contribution in [2.24, 2.45) is 0 Å². The summed E-state index contributed by atoms with van der Waals surface area (Å²) < 4.78 is 5.89. The van der Waals surface area contributed by atoms with Gasteiger partial charge in [0, 0.05) is 12.7 Å². The van der Waals surface area contributed by atoms with Crippen LogP contribution in [0.1, 0.15) is 32.8 Å². The summed E-state index contributed by atoms with van der Waals surface area (Å²) >= 11 is 0. The third-order valence-electron chi connectivity index (χ3n) is 2.90. The zero-order valence-corrected chi connectivity index (χ0v) is 10.3. The van der Waals surface area contributed by atoms with Crippen LogP contribution in [0.4, 0.5) is 0 Å². The lowest BCUT2D eigenvalue weighted by atomic mass is 9.88. The van der Waals surface area contributed by atoms with E-state index in [1.165, 1.54) is 5.56 Å². The van der Waals surface area contributed by atoms with Crippen molar-refractivity contribution >= 4 is 0 Å². The topological polar surface area (TPSA) is 34.1 Å². The number of rotatable bonds is 2. The fourth-order valence-corrected chi connectivity index (χ4v) is 1.81. The quantitative estimate of drug-likeness (QED) is 0.829. The van der Waals surface area contributed by atoms with Crippen molar-refractivity contribution in [3.63, 3.8) is 0 Å². The molecule has 1 atom stereocenters. The lowest BCUT2D eigenvalue weighted by molar-refractivity contribution is 0.221. The molecule has 2 rings (SSSR count). The summed E-state index contributed by atoms with van der Waals surface area (Å²) in [5, 5.41) is 3.29. The highest BCUT2D eigenvalue weighted by Gasteiger charge is 2.18. The molecule has 3 nitrogen and oxygen atoms in total. The van der Waals surface area contributed by atoms with Crippen LogP contribution in [0.5, 0.6) is 5.75 Å². The predicted molar refractivity (Wildman–Crippen MR) is 64.8 cm³/mol. The van der Waals surface area contributed by atoms with Crippen molar-refractivity contribution in [2.75, 3.05) is 13.1 Å². The Balaban J connectivity index is 2.09. The maximum absolute atomic E-state index is 5.89. The summed E-state index contributed by atoms with van der Waals surface area (Å²) in [5.74, 6) is 0.890. The summed E-state index contributed by atoms with van der Waals surface area (Å²) in [6.07, 6.45) is 5.10. The molecular weight excluding hydrogens is 200 g/mol. The van der Waals surface area contributed by atoms with Crippen LogP contribution in [0.25, 0.3) is 0 Å². The van der Waals surface area contributed by atoms with E-state index in [0.29, 0.717) is 6.10 Å². The van der Waals surface area contributed by atoms with E-state index >= 15 is 0 Å². The van der Waals surface area contributed by atoms with E-state index in [2.05, 4.69) is 37.1 Å². The van der Waals surface area contributed by atoms with Gasteiger partial charge in [-0.05, 0) is 30.0 Å². The first-order valence-electron chi connectivity index (χ1n) is 5.88. The van der Waals surface area contributed by atoms with Gasteiger partial charge in [0.1, 0.15) is 11.9 Å². The molecular formula is C13H20N2O. The standard InChI is InChI=1S/C13H20N2O/c1-13(2,3)10-6-12(9-15-7-10)16-11-4-5-14-8-11/h6-7,9,11,14H,4-5,8H2,1-3H3/t11-/m0/s1. The van der Waals surface area contributed by atoms with Gasteiger partial charge < -0.3 is 10.1 Å². The second kappa shape index (κ2) is 4.42. The van der Waals surface area contributed by atoms with E-state index in [1.54, 1.807) is 6.20 Å². The zero-order valence-electron chi connectivity index (χ0n) is 10.3. The van der Waals surface area contributed by atoms with Gasteiger partial charge in [0.15, 0.2) is 0 Å². The Bertz CT molecular complexity index is 351. The van der Waals surface area contributed by atoms with Crippen molar-refractivity contribution in [3.05, 3.63) is 24.0 Å². The third kappa shape index (κ3) is 2.73. The van der Waals surface area contributed by atoms with Crippen LogP contribution >= 0.6 is 0 Å². The fraction of sp³-hybridized carbons (Fsp3) is 0.615. The SMILES string of the molecule is CC(C)(C)c1cncc(O[C@H]2CCNC2)c1. The van der Waals surface area contributed by atoms with Gasteiger partial charge in [-0.1, -0.05) is 20.8 Å². The third-order valence-corrected chi connectivity index (χ3v) is 2.90. The van der Waals surface area contributed by atoms with Crippen molar-refractivity contribution in [1.29, 1.82) is 0 Å². The van der Waals surface area contributed by atoms with E-state index in [1.807, 2.05) is 6.20 Å². The fourth-order valence-electron chi connectivity index (χ4n) is 1.81. The summed E-state index contributed by atoms with van der Waals surface area (Å²) in [4.78, 5) is 4.25. The van der Waals surface area contributed by atoms with E-state index < -0.39 is 0 Å². The maximum atomic E-state index is 5.89. The van der Waals surface area contributed by atoms with E-state index in [4.69, 9.17) is 4.74 Å². The first-order valence-corrected chi connectivity index (χ1v) is 5.88. The minimum absolute atomic E-state index is 0.125. The smallest absolute Gasteiger partial charge is 0.138 e. The predicted octanol–water partition coefficient (Wildman–Crippen LogP) is 2.12. The molecule has 1 aromatic rings. The van der Waals surface area contributed by atoms with E-state index in [9.17, 15) is 0 Å². The summed E-state index contributed by atoms with van der Waals surface area (Å²) in [6, 6.07) is 2.10. The lowest BCUT2D eigenvalue weighted by Gasteiger charge is -2.20. The average Bonchev–Trinajstić information content (AvgIpc) is 2.70. The Kier molecular flexibility index (Phi) is 3.15. The molecule has 1 fully saturated rings. The normalized spacial score (nSPS) is 21.1. The first kappa shape index (κ1) is 11.4. The van der Waals surface area contributed by atoms with Crippen molar-refractivity contribution < 1.29 is 4.74 Å². The van der Waals surface area contributed by atoms with Gasteiger partial charge in [-0.15, -0.1) is 0 Å². The molecule has 0 bridgehead atoms. The van der Waals surface area contributed by atoms with Gasteiger partial charge in [0.2, 0.25) is 0 Å². The maximum Gasteiger partial charge on any atom is 0.138 e. The van der Waals surface area contributed by atoms with Gasteiger partial charge in [0.05, 0.1) is 6.20 Å². The monoisotopic (exact) mass is 220 g/mol. The van der Waals surface area contributed by atoms with Gasteiger partial charge in [0.25, 0.3) is 0 Å². The van der Waals surface area contributed by atoms with Crippen molar-refractivity contribution in [2.45, 2.75) is 38.7 Å². The van der Waals surface area contributed by atoms with Crippen molar-refractivity contribution in [1.82, 2.24) is 10.3 Å². The Hall–Kier alpha value is -1.09. The molecule has 1 N–H and O–H groups in total. The average molecular weight is 220 g/mol. The van der Waals surface area contributed by atoms with E-state index in [0.717, 1.165) is 25.3 Å². The largest absolute Gasteiger partial charge is 0.487 e. The molecule has 0 radical (unpaired) electrons. The summed E-state index contributed by atoms with van der Waals surface area (Å²) in [6.45, 7) is 8.55. The molecule has 16 heavy (non-hydrogen) atoms. The minimum atomic E-state index is 0.125. The van der Waals surface area contributed by atoms with Crippen LogP contribution in [0.2, 0.25) is 0 Å². The highest BCUT2D eigenvalue weighted by molar-refractivity contribution is 5.28. The number of pyridine rings is 1. The van der Waals surface area contributed by atoms with Gasteiger partial charge in [-0.2, -0.15) is 0 Å². The molecule has 1 saturated heterocycles.